The summed E-state index contributed by atoms with van der Waals surface area (Å²) in [5.41, 5.74) is 1.09. The van der Waals surface area contributed by atoms with Crippen molar-refractivity contribution in [2.45, 2.75) is 6.92 Å². The van der Waals surface area contributed by atoms with Gasteiger partial charge in [-0.1, -0.05) is 17.7 Å². The molecule has 132 valence electrons. The third-order valence-electron chi connectivity index (χ3n) is 1.41. The van der Waals surface area contributed by atoms with Gasteiger partial charge in [-0.05, 0) is 36.7 Å². The second-order valence-corrected chi connectivity index (χ2v) is 3.30. The van der Waals surface area contributed by atoms with E-state index in [0.29, 0.717) is 0 Å². The van der Waals surface area contributed by atoms with Gasteiger partial charge < -0.3 is 4.74 Å². The minimum atomic E-state index is -1.83. The molecule has 0 aliphatic heterocycles. The van der Waals surface area contributed by atoms with Gasteiger partial charge in [-0.15, -0.1) is 0 Å². The van der Waals surface area contributed by atoms with Crippen molar-refractivity contribution < 1.29 is 41.0 Å². The highest BCUT2D eigenvalue weighted by atomic mass is 19.3. The summed E-state index contributed by atoms with van der Waals surface area (Å²) in [6, 6.07) is 6.40. The number of hydrogen-bond donors (Lipinski definition) is 0. The van der Waals surface area contributed by atoms with Gasteiger partial charge in [0, 0.05) is 0 Å². The van der Waals surface area contributed by atoms with Crippen LogP contribution in [0.15, 0.2) is 49.6 Å². The monoisotopic (exact) mass is 346 g/mol. The van der Waals surface area contributed by atoms with Gasteiger partial charge >= 0.3 is 5.97 Å². The maximum absolute atomic E-state index is 12.1. The number of methoxy groups -OCH3 is 1. The first kappa shape index (κ1) is 25.7. The van der Waals surface area contributed by atoms with E-state index in [-0.39, 0.29) is 5.82 Å². The molecule has 0 bridgehead atoms. The van der Waals surface area contributed by atoms with Gasteiger partial charge in [0.05, 0.1) is 7.11 Å². The number of benzene rings is 1. The largest absolute Gasteiger partial charge is 0.467 e. The molecule has 0 heterocycles. The van der Waals surface area contributed by atoms with Crippen molar-refractivity contribution in [2.75, 3.05) is 13.7 Å². The fourth-order valence-corrected chi connectivity index (χ4v) is 0.637. The van der Waals surface area contributed by atoms with Crippen molar-refractivity contribution in [3.05, 3.63) is 61.0 Å². The standard InChI is InChI=1S/C7H7F.C3H5FO3.2C2H2F2/c1-6-2-4-7(8)5-3-6;1-6-3(5)2-7-4;2*1-2(3)4/h2-5H,1H3;2H2,1H3;2*1H2. The third kappa shape index (κ3) is 38.3. The van der Waals surface area contributed by atoms with Crippen molar-refractivity contribution in [1.29, 1.82) is 0 Å². The smallest absolute Gasteiger partial charge is 0.335 e. The van der Waals surface area contributed by atoms with Crippen LogP contribution in [0.3, 0.4) is 0 Å². The van der Waals surface area contributed by atoms with Gasteiger partial charge in [-0.2, -0.15) is 22.5 Å². The maximum Gasteiger partial charge on any atom is 0.335 e. The summed E-state index contributed by atoms with van der Waals surface area (Å²) in [6.45, 7) is 5.75. The number of rotatable bonds is 2. The van der Waals surface area contributed by atoms with Crippen molar-refractivity contribution >= 4 is 5.97 Å². The predicted molar refractivity (Wildman–Crippen MR) is 72.9 cm³/mol. The van der Waals surface area contributed by atoms with Crippen LogP contribution in [0.5, 0.6) is 0 Å². The first-order chi connectivity index (χ1) is 10.6. The molecule has 0 radical (unpaired) electrons. The number of aryl methyl sites for hydroxylation is 1. The Bertz CT molecular complexity index is 407. The molecule has 0 saturated heterocycles. The molecule has 9 heteroatoms. The molecule has 0 aliphatic carbocycles. The van der Waals surface area contributed by atoms with Crippen molar-refractivity contribution in [1.82, 2.24) is 0 Å². The van der Waals surface area contributed by atoms with Crippen LogP contribution in [0, 0.1) is 12.7 Å². The molecular formula is C14H16F6O3. The number of carbonyl (C=O) groups is 1. The van der Waals surface area contributed by atoms with Gasteiger partial charge in [-0.3, -0.25) is 0 Å². The summed E-state index contributed by atoms with van der Waals surface area (Å²) >= 11 is 0. The Morgan fingerprint density at radius 2 is 1.39 bits per heavy atom. The molecule has 0 atom stereocenters. The Morgan fingerprint density at radius 1 is 1.04 bits per heavy atom. The van der Waals surface area contributed by atoms with Crippen molar-refractivity contribution in [3.63, 3.8) is 0 Å². The molecule has 0 aromatic heterocycles. The number of hydrogen-bond acceptors (Lipinski definition) is 3. The molecule has 0 unspecified atom stereocenters. The third-order valence-corrected chi connectivity index (χ3v) is 1.41. The Morgan fingerprint density at radius 3 is 1.57 bits per heavy atom. The topological polar surface area (TPSA) is 35.5 Å². The van der Waals surface area contributed by atoms with Crippen LogP contribution < -0.4 is 0 Å². The van der Waals surface area contributed by atoms with E-state index in [1.54, 1.807) is 12.1 Å². The lowest BCUT2D eigenvalue weighted by Crippen LogP contribution is -2.05. The van der Waals surface area contributed by atoms with E-state index in [9.17, 15) is 31.3 Å². The van der Waals surface area contributed by atoms with Crippen molar-refractivity contribution in [3.8, 4) is 0 Å². The normalized spacial score (nSPS) is 8.00. The highest BCUT2D eigenvalue weighted by Crippen LogP contribution is 1.98. The van der Waals surface area contributed by atoms with Gasteiger partial charge in [0.25, 0.3) is 12.2 Å². The average Bonchev–Trinajstić information content (AvgIpc) is 2.42. The summed E-state index contributed by atoms with van der Waals surface area (Å²) in [6.07, 6.45) is -3.67. The zero-order valence-electron chi connectivity index (χ0n) is 12.4. The molecule has 23 heavy (non-hydrogen) atoms. The van der Waals surface area contributed by atoms with Crippen molar-refractivity contribution in [2.24, 2.45) is 0 Å². The molecule has 1 rings (SSSR count). The second kappa shape index (κ2) is 17.8. The minimum Gasteiger partial charge on any atom is -0.467 e. The molecule has 1 aromatic rings. The second-order valence-electron chi connectivity index (χ2n) is 3.30. The molecule has 0 fully saturated rings. The minimum absolute atomic E-state index is 0.171. The summed E-state index contributed by atoms with van der Waals surface area (Å²) in [5.74, 6) is -0.891. The first-order valence-corrected chi connectivity index (χ1v) is 5.59. The van der Waals surface area contributed by atoms with Gasteiger partial charge in [0.15, 0.2) is 6.61 Å². The molecule has 1 aromatic carbocycles. The highest BCUT2D eigenvalue weighted by Gasteiger charge is 1.96. The predicted octanol–water partition coefficient (Wildman–Crippen LogP) is 4.99. The van der Waals surface area contributed by atoms with Crippen LogP contribution >= 0.6 is 0 Å². The average molecular weight is 346 g/mol. The Hall–Kier alpha value is -2.29. The molecule has 3 nitrogen and oxygen atoms in total. The SMILES string of the molecule is C=C(F)F.C=C(F)F.COC(=O)COF.Cc1ccc(F)cc1. The van der Waals surface area contributed by atoms with E-state index in [1.165, 1.54) is 12.1 Å². The zero-order chi connectivity index (χ0) is 18.8. The first-order valence-electron chi connectivity index (χ1n) is 5.59. The Labute approximate surface area is 129 Å². The fraction of sp³-hybridized carbons (Fsp3) is 0.214. The van der Waals surface area contributed by atoms with Gasteiger partial charge in [0.2, 0.25) is 0 Å². The van der Waals surface area contributed by atoms with E-state index in [4.69, 9.17) is 0 Å². The fourth-order valence-electron chi connectivity index (χ4n) is 0.637. The Balaban J connectivity index is -0.000000245. The molecule has 0 aliphatic rings. The molecule has 0 N–H and O–H groups in total. The van der Waals surface area contributed by atoms with E-state index < -0.39 is 24.7 Å². The van der Waals surface area contributed by atoms with E-state index in [1.807, 2.05) is 6.92 Å². The van der Waals surface area contributed by atoms with E-state index in [2.05, 4.69) is 22.8 Å². The number of ether oxygens (including phenoxy) is 1. The van der Waals surface area contributed by atoms with Crippen LogP contribution in [0.2, 0.25) is 0 Å². The highest BCUT2D eigenvalue weighted by molar-refractivity contribution is 5.70. The lowest BCUT2D eigenvalue weighted by Gasteiger charge is -1.89. The Kier molecular flexibility index (Phi) is 19.8. The zero-order valence-corrected chi connectivity index (χ0v) is 12.4. The maximum atomic E-state index is 12.1. The quantitative estimate of drug-likeness (QED) is 0.559. The number of halogens is 6. The van der Waals surface area contributed by atoms with Crippen LogP contribution in [-0.2, 0) is 14.5 Å². The van der Waals surface area contributed by atoms with E-state index >= 15 is 0 Å². The summed E-state index contributed by atoms with van der Waals surface area (Å²) in [4.78, 5) is 12.7. The van der Waals surface area contributed by atoms with Crippen LogP contribution in [0.1, 0.15) is 5.56 Å². The van der Waals surface area contributed by atoms with E-state index in [0.717, 1.165) is 12.7 Å². The summed E-state index contributed by atoms with van der Waals surface area (Å²) in [7, 11) is 1.15. The molecule has 0 amide bonds. The van der Waals surface area contributed by atoms with Gasteiger partial charge in [-0.25, -0.2) is 9.18 Å². The summed E-state index contributed by atoms with van der Waals surface area (Å²) in [5, 5.41) is 0. The summed E-state index contributed by atoms with van der Waals surface area (Å²) < 4.78 is 67.3. The lowest BCUT2D eigenvalue weighted by molar-refractivity contribution is -0.173. The number of esters is 1. The van der Waals surface area contributed by atoms with Gasteiger partial charge in [0.1, 0.15) is 5.82 Å². The molecular weight excluding hydrogens is 330 g/mol. The molecule has 0 saturated carbocycles. The van der Waals surface area contributed by atoms with Crippen LogP contribution in [0.25, 0.3) is 0 Å². The number of carbonyl (C=O) groups excluding carboxylic acids is 1. The lowest BCUT2D eigenvalue weighted by atomic mass is 10.2. The molecule has 0 spiro atoms. The van der Waals surface area contributed by atoms with Crippen LogP contribution in [-0.4, -0.2) is 19.7 Å². The van der Waals surface area contributed by atoms with Crippen LogP contribution in [0.4, 0.5) is 26.5 Å².